The second-order valence-corrected chi connectivity index (χ2v) is 5.70. The normalized spacial score (nSPS) is 19.0. The van der Waals surface area contributed by atoms with Crippen molar-refractivity contribution in [2.75, 3.05) is 11.9 Å². The number of hydrogen-bond donors (Lipinski definition) is 2. The van der Waals surface area contributed by atoms with Crippen LogP contribution in [0.25, 0.3) is 0 Å². The van der Waals surface area contributed by atoms with Crippen molar-refractivity contribution in [2.24, 2.45) is 0 Å². The third-order valence-corrected chi connectivity index (χ3v) is 3.77. The number of rotatable bonds is 2. The van der Waals surface area contributed by atoms with E-state index >= 15 is 0 Å². The maximum atomic E-state index is 12.4. The molecule has 0 saturated carbocycles. The summed E-state index contributed by atoms with van der Waals surface area (Å²) in [6.07, 6.45) is 3.20. The maximum Gasteiger partial charge on any atom is 0.326 e. The van der Waals surface area contributed by atoms with Crippen LogP contribution in [-0.4, -0.2) is 34.6 Å². The number of nitrogens with one attached hydrogen (secondary N) is 1. The molecular formula is C16H22N2O3. The van der Waals surface area contributed by atoms with Crippen molar-refractivity contribution in [2.45, 2.75) is 45.6 Å². The number of aliphatic carboxylic acids is 1. The second kappa shape index (κ2) is 6.61. The SMILES string of the molecule is Cc1cc(C)cc(NC(=O)N2CCCCCC2C(=O)O)c1. The molecule has 1 aromatic carbocycles. The predicted octanol–water partition coefficient (Wildman–Crippen LogP) is 3.16. The highest BCUT2D eigenvalue weighted by atomic mass is 16.4. The quantitative estimate of drug-likeness (QED) is 0.879. The van der Waals surface area contributed by atoms with Gasteiger partial charge in [-0.25, -0.2) is 9.59 Å². The summed E-state index contributed by atoms with van der Waals surface area (Å²) in [7, 11) is 0. The summed E-state index contributed by atoms with van der Waals surface area (Å²) in [5.41, 5.74) is 2.85. The molecule has 1 aliphatic heterocycles. The molecule has 2 N–H and O–H groups in total. The number of carboxylic acid groups (broad SMARTS) is 1. The molecule has 0 radical (unpaired) electrons. The Bertz CT molecular complexity index is 522. The zero-order chi connectivity index (χ0) is 15.4. The molecule has 1 aromatic rings. The van der Waals surface area contributed by atoms with Gasteiger partial charge in [-0.15, -0.1) is 0 Å². The zero-order valence-corrected chi connectivity index (χ0v) is 12.6. The number of carbonyl (C=O) groups excluding carboxylic acids is 1. The van der Waals surface area contributed by atoms with Gasteiger partial charge in [-0.05, 0) is 49.9 Å². The topological polar surface area (TPSA) is 69.6 Å². The summed E-state index contributed by atoms with van der Waals surface area (Å²) in [4.78, 5) is 25.2. The molecule has 0 aromatic heterocycles. The number of carbonyl (C=O) groups is 2. The number of anilines is 1. The van der Waals surface area contributed by atoms with Gasteiger partial charge in [0.1, 0.15) is 6.04 Å². The Kier molecular flexibility index (Phi) is 4.83. The van der Waals surface area contributed by atoms with Crippen molar-refractivity contribution in [1.29, 1.82) is 0 Å². The van der Waals surface area contributed by atoms with E-state index in [0.29, 0.717) is 18.7 Å². The van der Waals surface area contributed by atoms with Crippen LogP contribution < -0.4 is 5.32 Å². The van der Waals surface area contributed by atoms with E-state index in [-0.39, 0.29) is 6.03 Å². The first kappa shape index (κ1) is 15.4. The average Bonchev–Trinajstić information content (AvgIpc) is 2.62. The zero-order valence-electron chi connectivity index (χ0n) is 12.6. The van der Waals surface area contributed by atoms with E-state index in [1.54, 1.807) is 0 Å². The Hall–Kier alpha value is -2.04. The van der Waals surface area contributed by atoms with E-state index < -0.39 is 12.0 Å². The summed E-state index contributed by atoms with van der Waals surface area (Å²) in [5, 5.41) is 12.1. The van der Waals surface area contributed by atoms with Gasteiger partial charge < -0.3 is 15.3 Å². The smallest absolute Gasteiger partial charge is 0.326 e. The fraction of sp³-hybridized carbons (Fsp3) is 0.500. The highest BCUT2D eigenvalue weighted by Crippen LogP contribution is 2.20. The molecule has 1 fully saturated rings. The average molecular weight is 290 g/mol. The van der Waals surface area contributed by atoms with Crippen LogP contribution >= 0.6 is 0 Å². The lowest BCUT2D eigenvalue weighted by Crippen LogP contribution is -2.46. The minimum absolute atomic E-state index is 0.325. The van der Waals surface area contributed by atoms with Crippen molar-refractivity contribution < 1.29 is 14.7 Å². The summed E-state index contributed by atoms with van der Waals surface area (Å²) in [5.74, 6) is -0.924. The molecule has 1 unspecified atom stereocenters. The largest absolute Gasteiger partial charge is 0.480 e. The number of urea groups is 1. The summed E-state index contributed by atoms with van der Waals surface area (Å²) in [6.45, 7) is 4.43. The molecule has 1 saturated heterocycles. The van der Waals surface area contributed by atoms with E-state index in [2.05, 4.69) is 5.32 Å². The standard InChI is InChI=1S/C16H22N2O3/c1-11-8-12(2)10-13(9-11)17-16(21)18-7-5-3-4-6-14(18)15(19)20/h8-10,14H,3-7H2,1-2H3,(H,17,21)(H,19,20). The van der Waals surface area contributed by atoms with Crippen LogP contribution in [0.3, 0.4) is 0 Å². The first-order valence-electron chi connectivity index (χ1n) is 7.36. The first-order chi connectivity index (χ1) is 9.97. The molecule has 2 rings (SSSR count). The van der Waals surface area contributed by atoms with Crippen LogP contribution in [0.2, 0.25) is 0 Å². The summed E-state index contributed by atoms with van der Waals surface area (Å²) in [6, 6.07) is 4.76. The van der Waals surface area contributed by atoms with Crippen molar-refractivity contribution in [3.05, 3.63) is 29.3 Å². The Labute approximate surface area is 125 Å². The molecule has 0 bridgehead atoms. The van der Waals surface area contributed by atoms with E-state index in [1.807, 2.05) is 32.0 Å². The molecule has 1 atom stereocenters. The summed E-state index contributed by atoms with van der Waals surface area (Å²) < 4.78 is 0. The molecule has 2 amide bonds. The maximum absolute atomic E-state index is 12.4. The van der Waals surface area contributed by atoms with E-state index in [1.165, 1.54) is 4.90 Å². The van der Waals surface area contributed by atoms with E-state index in [4.69, 9.17) is 0 Å². The van der Waals surface area contributed by atoms with Gasteiger partial charge in [0.15, 0.2) is 0 Å². The van der Waals surface area contributed by atoms with Crippen LogP contribution in [0, 0.1) is 13.8 Å². The lowest BCUT2D eigenvalue weighted by Gasteiger charge is -2.27. The minimum atomic E-state index is -0.924. The fourth-order valence-electron chi connectivity index (χ4n) is 2.85. The number of carboxylic acids is 1. The van der Waals surface area contributed by atoms with Gasteiger partial charge in [0, 0.05) is 12.2 Å². The van der Waals surface area contributed by atoms with Crippen LogP contribution in [0.4, 0.5) is 10.5 Å². The third kappa shape index (κ3) is 3.97. The van der Waals surface area contributed by atoms with Gasteiger partial charge in [0.25, 0.3) is 0 Å². The van der Waals surface area contributed by atoms with Crippen molar-refractivity contribution in [1.82, 2.24) is 4.90 Å². The molecule has 1 aliphatic rings. The number of benzene rings is 1. The number of likely N-dealkylation sites (tertiary alicyclic amines) is 1. The Morgan fingerprint density at radius 3 is 2.43 bits per heavy atom. The van der Waals surface area contributed by atoms with Gasteiger partial charge in [-0.3, -0.25) is 0 Å². The summed E-state index contributed by atoms with van der Waals surface area (Å²) >= 11 is 0. The Morgan fingerprint density at radius 1 is 1.14 bits per heavy atom. The van der Waals surface area contributed by atoms with Gasteiger partial charge in [-0.1, -0.05) is 18.9 Å². The monoisotopic (exact) mass is 290 g/mol. The lowest BCUT2D eigenvalue weighted by atomic mass is 10.1. The molecule has 5 nitrogen and oxygen atoms in total. The minimum Gasteiger partial charge on any atom is -0.480 e. The van der Waals surface area contributed by atoms with Crippen molar-refractivity contribution in [3.8, 4) is 0 Å². The van der Waals surface area contributed by atoms with E-state index in [9.17, 15) is 14.7 Å². The highest BCUT2D eigenvalue weighted by molar-refractivity contribution is 5.92. The molecule has 5 heteroatoms. The molecule has 0 spiro atoms. The second-order valence-electron chi connectivity index (χ2n) is 5.70. The number of aryl methyl sites for hydroxylation is 2. The molecular weight excluding hydrogens is 268 g/mol. The Balaban J connectivity index is 2.14. The number of amides is 2. The number of hydrogen-bond acceptors (Lipinski definition) is 2. The highest BCUT2D eigenvalue weighted by Gasteiger charge is 2.30. The lowest BCUT2D eigenvalue weighted by molar-refractivity contribution is -0.142. The molecule has 114 valence electrons. The van der Waals surface area contributed by atoms with Gasteiger partial charge >= 0.3 is 12.0 Å². The predicted molar refractivity (Wildman–Crippen MR) is 81.5 cm³/mol. The van der Waals surface area contributed by atoms with Gasteiger partial charge in [-0.2, -0.15) is 0 Å². The van der Waals surface area contributed by atoms with Crippen molar-refractivity contribution in [3.63, 3.8) is 0 Å². The van der Waals surface area contributed by atoms with Gasteiger partial charge in [0.2, 0.25) is 0 Å². The Morgan fingerprint density at radius 2 is 1.81 bits per heavy atom. The molecule has 1 heterocycles. The van der Waals surface area contributed by atoms with E-state index in [0.717, 1.165) is 30.4 Å². The fourth-order valence-corrected chi connectivity index (χ4v) is 2.85. The van der Waals surface area contributed by atoms with Crippen LogP contribution in [-0.2, 0) is 4.79 Å². The van der Waals surface area contributed by atoms with Crippen LogP contribution in [0.5, 0.6) is 0 Å². The number of nitrogens with zero attached hydrogens (tertiary/aromatic N) is 1. The van der Waals surface area contributed by atoms with Gasteiger partial charge in [0.05, 0.1) is 0 Å². The van der Waals surface area contributed by atoms with Crippen LogP contribution in [0.15, 0.2) is 18.2 Å². The first-order valence-corrected chi connectivity index (χ1v) is 7.36. The van der Waals surface area contributed by atoms with Crippen LogP contribution in [0.1, 0.15) is 36.8 Å². The third-order valence-electron chi connectivity index (χ3n) is 3.77. The van der Waals surface area contributed by atoms with Crippen molar-refractivity contribution >= 4 is 17.7 Å². The molecule has 0 aliphatic carbocycles. The molecule has 21 heavy (non-hydrogen) atoms.